The second-order valence-electron chi connectivity index (χ2n) is 12.5. The molecule has 6 rings (SSSR count). The summed E-state index contributed by atoms with van der Waals surface area (Å²) < 4.78 is 7.12. The van der Waals surface area contributed by atoms with Crippen LogP contribution in [-0.2, 0) is 15.6 Å². The minimum Gasteiger partial charge on any atom is -0.496 e. The number of rotatable bonds is 9. The van der Waals surface area contributed by atoms with Crippen LogP contribution in [0.5, 0.6) is 5.75 Å². The van der Waals surface area contributed by atoms with E-state index in [0.717, 1.165) is 24.9 Å². The number of benzene rings is 2. The highest BCUT2D eigenvalue weighted by atomic mass is 16.5. The third-order valence-corrected chi connectivity index (χ3v) is 10.2. The number of carbonyl (C=O) groups is 2. The van der Waals surface area contributed by atoms with Crippen molar-refractivity contribution in [2.24, 2.45) is 0 Å². The molecule has 2 N–H and O–H groups in total. The van der Waals surface area contributed by atoms with Gasteiger partial charge in [0.05, 0.1) is 23.8 Å². The first-order valence-corrected chi connectivity index (χ1v) is 15.6. The molecular formula is C34H40N8O4. The number of ether oxygens (including phenoxy) is 1. The van der Waals surface area contributed by atoms with Gasteiger partial charge in [0.15, 0.2) is 0 Å². The number of methoxy groups -OCH3 is 1. The molecule has 0 aliphatic carbocycles. The van der Waals surface area contributed by atoms with E-state index in [1.807, 2.05) is 28.6 Å². The van der Waals surface area contributed by atoms with Gasteiger partial charge < -0.3 is 14.5 Å². The van der Waals surface area contributed by atoms with Crippen molar-refractivity contribution < 1.29 is 19.5 Å². The van der Waals surface area contributed by atoms with E-state index in [1.165, 1.54) is 27.7 Å². The molecule has 12 nitrogen and oxygen atoms in total. The van der Waals surface area contributed by atoms with E-state index in [-0.39, 0.29) is 17.2 Å². The molecule has 46 heavy (non-hydrogen) atoms. The lowest BCUT2D eigenvalue weighted by Crippen LogP contribution is -2.51. The maximum Gasteiger partial charge on any atom is 0.257 e. The van der Waals surface area contributed by atoms with Crippen LogP contribution in [-0.4, -0.2) is 91.8 Å². The van der Waals surface area contributed by atoms with E-state index >= 15 is 0 Å². The Morgan fingerprint density at radius 2 is 1.74 bits per heavy atom. The van der Waals surface area contributed by atoms with Crippen LogP contribution in [0.3, 0.4) is 0 Å². The number of hydroxylamine groups is 1. The van der Waals surface area contributed by atoms with Crippen molar-refractivity contribution in [3.8, 4) is 11.4 Å². The zero-order valence-corrected chi connectivity index (χ0v) is 26.5. The number of piperidine rings is 1. The molecule has 0 bridgehead atoms. The van der Waals surface area contributed by atoms with Crippen molar-refractivity contribution in [3.05, 3.63) is 95.1 Å². The Kier molecular flexibility index (Phi) is 8.83. The van der Waals surface area contributed by atoms with Gasteiger partial charge >= 0.3 is 0 Å². The normalized spacial score (nSPS) is 19.6. The number of hydrogen-bond acceptors (Lipinski definition) is 9. The zero-order chi connectivity index (χ0) is 32.3. The van der Waals surface area contributed by atoms with Crippen molar-refractivity contribution in [1.29, 1.82) is 0 Å². The molecule has 2 fully saturated rings. The Hall–Kier alpha value is -4.68. The largest absolute Gasteiger partial charge is 0.496 e. The lowest BCUT2D eigenvalue weighted by atomic mass is 9.72. The smallest absolute Gasteiger partial charge is 0.257 e. The third kappa shape index (κ3) is 5.85. The van der Waals surface area contributed by atoms with Crippen LogP contribution in [0, 0.1) is 13.8 Å². The minimum absolute atomic E-state index is 0.0902. The fraction of sp³-hybridized carbons (Fsp3) is 0.412. The molecule has 4 aromatic rings. The summed E-state index contributed by atoms with van der Waals surface area (Å²) >= 11 is 0. The van der Waals surface area contributed by atoms with Gasteiger partial charge in [-0.3, -0.25) is 19.8 Å². The van der Waals surface area contributed by atoms with E-state index in [9.17, 15) is 14.8 Å². The van der Waals surface area contributed by atoms with E-state index in [0.29, 0.717) is 56.0 Å². The number of aromatic nitrogens is 5. The maximum absolute atomic E-state index is 14.1. The summed E-state index contributed by atoms with van der Waals surface area (Å²) in [5.41, 5.74) is 6.59. The number of hydrogen-bond donors (Lipinski definition) is 2. The summed E-state index contributed by atoms with van der Waals surface area (Å²) in [6.45, 7) is 7.69. The van der Waals surface area contributed by atoms with Gasteiger partial charge in [-0.05, 0) is 122 Å². The Labute approximate surface area is 268 Å². The molecule has 12 heteroatoms. The number of amides is 2. The van der Waals surface area contributed by atoms with Gasteiger partial charge in [0.1, 0.15) is 12.1 Å². The number of carbonyl (C=O) groups excluding carboxylic acids is 2. The van der Waals surface area contributed by atoms with E-state index in [4.69, 9.17) is 4.74 Å². The van der Waals surface area contributed by atoms with E-state index in [2.05, 4.69) is 57.5 Å². The van der Waals surface area contributed by atoms with Crippen molar-refractivity contribution >= 4 is 11.8 Å². The second-order valence-corrected chi connectivity index (χ2v) is 12.5. The lowest BCUT2D eigenvalue weighted by molar-refractivity contribution is -0.137. The predicted molar refractivity (Wildman–Crippen MR) is 170 cm³/mol. The topological polar surface area (TPSA) is 139 Å². The van der Waals surface area contributed by atoms with Crippen molar-refractivity contribution in [2.45, 2.75) is 50.4 Å². The summed E-state index contributed by atoms with van der Waals surface area (Å²) in [6, 6.07) is 15.8. The van der Waals surface area contributed by atoms with Gasteiger partial charge in [-0.2, -0.15) is 0 Å². The van der Waals surface area contributed by atoms with Gasteiger partial charge in [-0.1, -0.05) is 18.2 Å². The SMILES string of the molecule is COc1ccc(-n2cnnn2)cc1C(=O)N1CCC(CCN2CCC(C(=O)NO)(c3ccncc3)CC2)(c2ccc(C)c(C)c2)C1. The number of aryl methyl sites for hydroxylation is 2. The van der Waals surface area contributed by atoms with Crippen LogP contribution in [0.25, 0.3) is 5.69 Å². The predicted octanol–water partition coefficient (Wildman–Crippen LogP) is 3.40. The third-order valence-electron chi connectivity index (χ3n) is 10.2. The Morgan fingerprint density at radius 1 is 0.957 bits per heavy atom. The number of nitrogens with zero attached hydrogens (tertiary/aromatic N) is 7. The molecule has 2 aromatic heterocycles. The van der Waals surface area contributed by atoms with Gasteiger partial charge in [0.25, 0.3) is 11.8 Å². The number of pyridine rings is 1. The molecule has 0 saturated carbocycles. The minimum atomic E-state index is -0.799. The second kappa shape index (κ2) is 13.0. The fourth-order valence-electron chi connectivity index (χ4n) is 7.11. The lowest BCUT2D eigenvalue weighted by Gasteiger charge is -2.41. The Balaban J connectivity index is 1.23. The van der Waals surface area contributed by atoms with E-state index < -0.39 is 5.41 Å². The first-order valence-electron chi connectivity index (χ1n) is 15.6. The molecule has 1 atom stereocenters. The zero-order valence-electron chi connectivity index (χ0n) is 26.5. The molecule has 2 aliphatic heterocycles. The van der Waals surface area contributed by atoms with Crippen molar-refractivity contribution in [1.82, 2.24) is 40.5 Å². The highest BCUT2D eigenvalue weighted by Crippen LogP contribution is 2.41. The van der Waals surface area contributed by atoms with Crippen LogP contribution in [0.4, 0.5) is 0 Å². The summed E-state index contributed by atoms with van der Waals surface area (Å²) in [4.78, 5) is 35.5. The summed E-state index contributed by atoms with van der Waals surface area (Å²) in [5, 5.41) is 21.0. The summed E-state index contributed by atoms with van der Waals surface area (Å²) in [5.74, 6) is 0.0329. The standard InChI is InChI=1S/C34H40N8O4/c1-24-4-5-27(20-25(24)2)33(10-16-40-17-12-34(13-18-40,32(44)37-45)26-8-14-35-15-9-26)11-19-41(22-33)31(43)29-21-28(6-7-30(29)46-3)42-23-36-38-39-42/h4-9,14-15,20-21,23,45H,10-13,16-19,22H2,1-3H3,(H,37,44). The van der Waals surface area contributed by atoms with Gasteiger partial charge in [-0.25, -0.2) is 10.2 Å². The van der Waals surface area contributed by atoms with Crippen LogP contribution in [0.15, 0.2) is 67.3 Å². The Bertz CT molecular complexity index is 1690. The van der Waals surface area contributed by atoms with E-state index in [1.54, 1.807) is 31.6 Å². The molecular weight excluding hydrogens is 584 g/mol. The highest BCUT2D eigenvalue weighted by molar-refractivity contribution is 5.98. The summed E-state index contributed by atoms with van der Waals surface area (Å²) in [7, 11) is 1.57. The highest BCUT2D eigenvalue weighted by Gasteiger charge is 2.45. The summed E-state index contributed by atoms with van der Waals surface area (Å²) in [6.07, 6.45) is 7.73. The average molecular weight is 625 g/mol. The molecule has 2 aromatic carbocycles. The molecule has 0 radical (unpaired) electrons. The van der Waals surface area contributed by atoms with Crippen LogP contribution in [0.1, 0.15) is 58.3 Å². The molecule has 240 valence electrons. The number of nitrogens with one attached hydrogen (secondary N) is 1. The van der Waals surface area contributed by atoms with Crippen LogP contribution >= 0.6 is 0 Å². The average Bonchev–Trinajstić information content (AvgIpc) is 3.80. The fourth-order valence-corrected chi connectivity index (χ4v) is 7.11. The van der Waals surface area contributed by atoms with Gasteiger partial charge in [0.2, 0.25) is 0 Å². The molecule has 4 heterocycles. The maximum atomic E-state index is 14.1. The van der Waals surface area contributed by atoms with Crippen molar-refractivity contribution in [2.75, 3.05) is 39.8 Å². The van der Waals surface area contributed by atoms with Crippen molar-refractivity contribution in [3.63, 3.8) is 0 Å². The molecule has 2 amide bonds. The monoisotopic (exact) mass is 624 g/mol. The molecule has 1 unspecified atom stereocenters. The first-order chi connectivity index (χ1) is 22.3. The molecule has 2 aliphatic rings. The Morgan fingerprint density at radius 3 is 2.41 bits per heavy atom. The number of tetrazole rings is 1. The first kappa shape index (κ1) is 31.3. The molecule has 0 spiro atoms. The molecule has 2 saturated heterocycles. The van der Waals surface area contributed by atoms with Gasteiger partial charge in [-0.15, -0.1) is 5.10 Å². The number of likely N-dealkylation sites (tertiary alicyclic amines) is 2. The quantitative estimate of drug-likeness (QED) is 0.212. The van der Waals surface area contributed by atoms with Crippen LogP contribution < -0.4 is 10.2 Å². The van der Waals surface area contributed by atoms with Gasteiger partial charge in [0, 0.05) is 30.9 Å². The van der Waals surface area contributed by atoms with Crippen LogP contribution in [0.2, 0.25) is 0 Å².